The summed E-state index contributed by atoms with van der Waals surface area (Å²) < 4.78 is 4.56. The lowest BCUT2D eigenvalue weighted by Crippen LogP contribution is -2.04. The predicted molar refractivity (Wildman–Crippen MR) is 211 cm³/mol. The molecule has 0 saturated carbocycles. The smallest absolute Gasteiger partial charge is 0.166 e. The first-order valence-electron chi connectivity index (χ1n) is 17.3. The molecule has 3 aromatic heterocycles. The van der Waals surface area contributed by atoms with E-state index < -0.39 is 0 Å². The Kier molecular flexibility index (Phi) is 7.03. The van der Waals surface area contributed by atoms with E-state index in [1.165, 1.54) is 10.8 Å². The molecule has 0 atom stereocenters. The fourth-order valence-corrected chi connectivity index (χ4v) is 7.22. The molecule has 0 unspecified atom stereocenters. The van der Waals surface area contributed by atoms with Crippen LogP contribution in [0.4, 0.5) is 0 Å². The average molecular weight is 667 g/mol. The number of imidazole rings is 1. The molecular weight excluding hydrogens is 637 g/mol. The van der Waals surface area contributed by atoms with Crippen molar-refractivity contribution < 1.29 is 0 Å². The Morgan fingerprint density at radius 1 is 0.346 bits per heavy atom. The minimum absolute atomic E-state index is 0.578. The normalized spacial score (nSPS) is 11.5. The number of nitrogens with zero attached hydrogens (tertiary/aromatic N) is 6. The molecule has 10 aromatic rings. The van der Waals surface area contributed by atoms with Crippen LogP contribution in [-0.2, 0) is 0 Å². The molecule has 7 aromatic carbocycles. The van der Waals surface area contributed by atoms with Gasteiger partial charge in [-0.3, -0.25) is 4.57 Å². The van der Waals surface area contributed by atoms with Crippen LogP contribution in [0.2, 0.25) is 0 Å². The molecule has 0 aliphatic carbocycles. The molecule has 6 nitrogen and oxygen atoms in total. The van der Waals surface area contributed by atoms with Crippen LogP contribution in [0.25, 0.3) is 89.8 Å². The van der Waals surface area contributed by atoms with Crippen molar-refractivity contribution in [3.05, 3.63) is 182 Å². The first kappa shape index (κ1) is 29.7. The molecule has 0 radical (unpaired) electrons. The van der Waals surface area contributed by atoms with Gasteiger partial charge >= 0.3 is 0 Å². The van der Waals surface area contributed by atoms with Gasteiger partial charge < -0.3 is 4.57 Å². The lowest BCUT2D eigenvalue weighted by molar-refractivity contribution is 1.06. The van der Waals surface area contributed by atoms with Crippen LogP contribution in [0.3, 0.4) is 0 Å². The number of fused-ring (bicyclic) bond motifs is 4. The van der Waals surface area contributed by atoms with Crippen LogP contribution in [0.1, 0.15) is 0 Å². The second-order valence-electron chi connectivity index (χ2n) is 12.7. The maximum atomic E-state index is 5.23. The molecule has 3 heterocycles. The Morgan fingerprint density at radius 2 is 0.846 bits per heavy atom. The monoisotopic (exact) mass is 666 g/mol. The maximum absolute atomic E-state index is 5.23. The summed E-state index contributed by atoms with van der Waals surface area (Å²) in [6, 6.07) is 62.6. The van der Waals surface area contributed by atoms with E-state index in [2.05, 4.69) is 118 Å². The zero-order valence-electron chi connectivity index (χ0n) is 28.0. The van der Waals surface area contributed by atoms with Gasteiger partial charge in [-0.05, 0) is 54.6 Å². The zero-order valence-corrected chi connectivity index (χ0v) is 28.0. The SMILES string of the molecule is c1ccc(-c2nc(-c3ccccc3)nc(-c3cc(-c4nc5ccccc5n4-c4ccccc4)ccc3-n3c4ccccc4c4ccccc43)n2)cc1. The molecule has 0 fully saturated rings. The topological polar surface area (TPSA) is 61.4 Å². The van der Waals surface area contributed by atoms with Gasteiger partial charge in [0.15, 0.2) is 17.5 Å². The highest BCUT2D eigenvalue weighted by molar-refractivity contribution is 6.09. The average Bonchev–Trinajstić information content (AvgIpc) is 3.78. The number of hydrogen-bond acceptors (Lipinski definition) is 4. The van der Waals surface area contributed by atoms with Crippen molar-refractivity contribution in [3.63, 3.8) is 0 Å². The summed E-state index contributed by atoms with van der Waals surface area (Å²) in [5.41, 5.74) is 9.83. The molecule has 10 rings (SSSR count). The van der Waals surface area contributed by atoms with E-state index >= 15 is 0 Å². The van der Waals surface area contributed by atoms with Gasteiger partial charge in [0.2, 0.25) is 0 Å². The minimum Gasteiger partial charge on any atom is -0.309 e. The van der Waals surface area contributed by atoms with Gasteiger partial charge in [-0.2, -0.15) is 0 Å². The largest absolute Gasteiger partial charge is 0.309 e. The zero-order chi connectivity index (χ0) is 34.4. The second kappa shape index (κ2) is 12.3. The van der Waals surface area contributed by atoms with Crippen LogP contribution in [0.15, 0.2) is 182 Å². The third-order valence-electron chi connectivity index (χ3n) is 9.59. The molecule has 0 saturated heterocycles. The van der Waals surface area contributed by atoms with E-state index in [9.17, 15) is 0 Å². The Hall–Kier alpha value is -7.18. The summed E-state index contributed by atoms with van der Waals surface area (Å²) in [4.78, 5) is 20.7. The van der Waals surface area contributed by atoms with E-state index in [1.807, 2.05) is 72.8 Å². The van der Waals surface area contributed by atoms with Crippen molar-refractivity contribution in [3.8, 4) is 56.9 Å². The first-order chi connectivity index (χ1) is 25.8. The molecule has 244 valence electrons. The van der Waals surface area contributed by atoms with E-state index in [4.69, 9.17) is 19.9 Å². The minimum atomic E-state index is 0.578. The van der Waals surface area contributed by atoms with Gasteiger partial charge in [0.05, 0.1) is 27.8 Å². The quantitative estimate of drug-likeness (QED) is 0.177. The van der Waals surface area contributed by atoms with Gasteiger partial charge in [0.1, 0.15) is 5.82 Å². The number of hydrogen-bond donors (Lipinski definition) is 0. The number of rotatable bonds is 6. The Morgan fingerprint density at radius 3 is 1.46 bits per heavy atom. The molecule has 52 heavy (non-hydrogen) atoms. The molecule has 0 bridgehead atoms. The highest BCUT2D eigenvalue weighted by atomic mass is 15.1. The molecule has 6 heteroatoms. The van der Waals surface area contributed by atoms with Crippen molar-refractivity contribution >= 4 is 32.8 Å². The van der Waals surface area contributed by atoms with Crippen molar-refractivity contribution in [2.45, 2.75) is 0 Å². The summed E-state index contributed by atoms with van der Waals surface area (Å²) >= 11 is 0. The summed E-state index contributed by atoms with van der Waals surface area (Å²) in [6.45, 7) is 0. The summed E-state index contributed by atoms with van der Waals surface area (Å²) in [5, 5.41) is 2.37. The third-order valence-corrected chi connectivity index (χ3v) is 9.59. The lowest BCUT2D eigenvalue weighted by Gasteiger charge is -2.17. The van der Waals surface area contributed by atoms with Crippen molar-refractivity contribution in [2.24, 2.45) is 0 Å². The lowest BCUT2D eigenvalue weighted by atomic mass is 10.1. The second-order valence-corrected chi connectivity index (χ2v) is 12.7. The van der Waals surface area contributed by atoms with Crippen LogP contribution in [0, 0.1) is 0 Å². The van der Waals surface area contributed by atoms with Crippen LogP contribution < -0.4 is 0 Å². The van der Waals surface area contributed by atoms with Gasteiger partial charge in [-0.15, -0.1) is 0 Å². The fraction of sp³-hybridized carbons (Fsp3) is 0. The van der Waals surface area contributed by atoms with Gasteiger partial charge in [0, 0.05) is 38.7 Å². The van der Waals surface area contributed by atoms with E-state index in [1.54, 1.807) is 0 Å². The molecule has 0 spiro atoms. The number of benzene rings is 7. The van der Waals surface area contributed by atoms with Crippen molar-refractivity contribution in [2.75, 3.05) is 0 Å². The number of para-hydroxylation sites is 5. The van der Waals surface area contributed by atoms with Crippen LogP contribution in [-0.4, -0.2) is 29.1 Å². The van der Waals surface area contributed by atoms with E-state index in [0.717, 1.165) is 61.5 Å². The Labute approximate surface area is 300 Å². The van der Waals surface area contributed by atoms with E-state index in [0.29, 0.717) is 17.5 Å². The van der Waals surface area contributed by atoms with Crippen molar-refractivity contribution in [1.82, 2.24) is 29.1 Å². The predicted octanol–water partition coefficient (Wildman–Crippen LogP) is 11.0. The highest BCUT2D eigenvalue weighted by Gasteiger charge is 2.22. The van der Waals surface area contributed by atoms with Gasteiger partial charge in [-0.25, -0.2) is 19.9 Å². The molecule has 0 aliphatic rings. The van der Waals surface area contributed by atoms with Gasteiger partial charge in [-0.1, -0.05) is 127 Å². The van der Waals surface area contributed by atoms with Crippen molar-refractivity contribution in [1.29, 1.82) is 0 Å². The molecular formula is C46H30N6. The molecule has 0 aliphatic heterocycles. The molecule has 0 amide bonds. The first-order valence-corrected chi connectivity index (χ1v) is 17.3. The molecule has 0 N–H and O–H groups in total. The van der Waals surface area contributed by atoms with E-state index in [-0.39, 0.29) is 0 Å². The fourth-order valence-electron chi connectivity index (χ4n) is 7.22. The van der Waals surface area contributed by atoms with Crippen LogP contribution >= 0.6 is 0 Å². The Bertz CT molecular complexity index is 2780. The standard InChI is InChI=1S/C46H30N6/c1-4-16-31(17-5-1)43-48-44(32-18-6-2-7-19-32)50-45(49-43)37-30-33(46-47-38-24-12-15-27-42(38)51(46)34-20-8-3-9-21-34)28-29-41(37)52-39-25-13-10-22-35(39)36-23-11-14-26-40(36)52/h1-30H. The third kappa shape index (κ3) is 4.96. The maximum Gasteiger partial charge on any atom is 0.166 e. The Balaban J connectivity index is 1.30. The summed E-state index contributed by atoms with van der Waals surface area (Å²) in [5.74, 6) is 2.64. The summed E-state index contributed by atoms with van der Waals surface area (Å²) in [7, 11) is 0. The highest BCUT2D eigenvalue weighted by Crippen LogP contribution is 2.39. The summed E-state index contributed by atoms with van der Waals surface area (Å²) in [6.07, 6.45) is 0. The van der Waals surface area contributed by atoms with Gasteiger partial charge in [0.25, 0.3) is 0 Å². The van der Waals surface area contributed by atoms with Crippen LogP contribution in [0.5, 0.6) is 0 Å². The number of aromatic nitrogens is 6.